The number of nitrogens with one attached hydrogen (secondary N) is 1. The Morgan fingerprint density at radius 3 is 2.31 bits per heavy atom. The molecule has 1 amide bonds. The van der Waals surface area contributed by atoms with Crippen molar-refractivity contribution in [2.45, 2.75) is 57.3 Å². The van der Waals surface area contributed by atoms with Crippen molar-refractivity contribution >= 4 is 22.1 Å². The standard InChI is InChI=1S/C26H34N2O7S/c1-25(2,3)35-24(30)28-16-15-22(26(4,18-28)23(29)33-5)27-36(31,32)21-13-11-20(12-14-21)34-17-19-9-7-6-8-10-19/h6-14,22,27H,15-18H2,1-5H3/t22-,26+/m1/s1. The highest BCUT2D eigenvalue weighted by atomic mass is 32.2. The largest absolute Gasteiger partial charge is 0.489 e. The predicted molar refractivity (Wildman–Crippen MR) is 134 cm³/mol. The third kappa shape index (κ3) is 6.76. The SMILES string of the molecule is COC(=O)[C@@]1(C)CN(C(=O)OC(C)(C)C)CC[C@H]1NS(=O)(=O)c1ccc(OCc2ccccc2)cc1. The molecule has 1 aliphatic heterocycles. The first-order chi connectivity index (χ1) is 16.8. The van der Waals surface area contributed by atoms with E-state index in [9.17, 15) is 18.0 Å². The normalized spacial score (nSPS) is 20.5. The van der Waals surface area contributed by atoms with Crippen molar-refractivity contribution in [1.29, 1.82) is 0 Å². The minimum absolute atomic E-state index is 0.0383. The molecule has 1 saturated heterocycles. The topological polar surface area (TPSA) is 111 Å². The molecule has 0 radical (unpaired) electrons. The summed E-state index contributed by atoms with van der Waals surface area (Å²) in [6.45, 7) is 7.38. The second-order valence-electron chi connectivity index (χ2n) is 10.0. The summed E-state index contributed by atoms with van der Waals surface area (Å²) in [7, 11) is -2.74. The summed E-state index contributed by atoms with van der Waals surface area (Å²) < 4.78 is 45.2. The molecule has 3 rings (SSSR count). The lowest BCUT2D eigenvalue weighted by atomic mass is 9.78. The Bertz CT molecular complexity index is 1160. The molecule has 1 aliphatic rings. The third-order valence-electron chi connectivity index (χ3n) is 5.96. The monoisotopic (exact) mass is 518 g/mol. The number of esters is 1. The Morgan fingerprint density at radius 1 is 1.08 bits per heavy atom. The maximum Gasteiger partial charge on any atom is 0.410 e. The van der Waals surface area contributed by atoms with Crippen LogP contribution in [0.3, 0.4) is 0 Å². The van der Waals surface area contributed by atoms with Crippen molar-refractivity contribution in [2.24, 2.45) is 5.41 Å². The Morgan fingerprint density at radius 2 is 1.72 bits per heavy atom. The number of likely N-dealkylation sites (tertiary alicyclic amines) is 1. The Kier molecular flexibility index (Phi) is 8.30. The minimum atomic E-state index is -3.97. The first-order valence-corrected chi connectivity index (χ1v) is 13.2. The van der Waals surface area contributed by atoms with Gasteiger partial charge in [-0.1, -0.05) is 30.3 Å². The average Bonchev–Trinajstić information content (AvgIpc) is 2.83. The molecule has 2 aromatic rings. The van der Waals surface area contributed by atoms with Crippen LogP contribution in [0.15, 0.2) is 59.5 Å². The molecule has 2 atom stereocenters. The van der Waals surface area contributed by atoms with Crippen molar-refractivity contribution in [3.05, 3.63) is 60.2 Å². The molecule has 10 heteroatoms. The average molecular weight is 519 g/mol. The van der Waals surface area contributed by atoms with Gasteiger partial charge in [-0.3, -0.25) is 4.79 Å². The summed E-state index contributed by atoms with van der Waals surface area (Å²) in [6.07, 6.45) is -0.354. The molecule has 0 spiro atoms. The van der Waals surface area contributed by atoms with E-state index in [1.54, 1.807) is 39.8 Å². The van der Waals surface area contributed by atoms with Crippen LogP contribution in [0.1, 0.15) is 39.7 Å². The van der Waals surface area contributed by atoms with Crippen LogP contribution >= 0.6 is 0 Å². The first-order valence-electron chi connectivity index (χ1n) is 11.7. The number of carbonyl (C=O) groups excluding carboxylic acids is 2. The summed E-state index contributed by atoms with van der Waals surface area (Å²) in [5.41, 5.74) is -1.01. The zero-order chi connectivity index (χ0) is 26.6. The molecule has 9 nitrogen and oxygen atoms in total. The minimum Gasteiger partial charge on any atom is -0.489 e. The Labute approximate surface area is 212 Å². The van der Waals surface area contributed by atoms with Gasteiger partial charge in [-0.05, 0) is 63.9 Å². The van der Waals surface area contributed by atoms with Crippen LogP contribution in [0.25, 0.3) is 0 Å². The maximum atomic E-state index is 13.2. The fraction of sp³-hybridized carbons (Fsp3) is 0.462. The van der Waals surface area contributed by atoms with Crippen LogP contribution in [0, 0.1) is 5.41 Å². The van der Waals surface area contributed by atoms with E-state index in [0.717, 1.165) is 5.56 Å². The third-order valence-corrected chi connectivity index (χ3v) is 7.45. The van der Waals surface area contributed by atoms with E-state index in [-0.39, 0.29) is 24.4 Å². The van der Waals surface area contributed by atoms with Crippen molar-refractivity contribution in [1.82, 2.24) is 9.62 Å². The van der Waals surface area contributed by atoms with E-state index < -0.39 is 39.1 Å². The number of rotatable bonds is 7. The Hall–Kier alpha value is -3.11. The van der Waals surface area contributed by atoms with Gasteiger partial charge in [0.1, 0.15) is 18.0 Å². The van der Waals surface area contributed by atoms with Gasteiger partial charge in [0.15, 0.2) is 0 Å². The van der Waals surface area contributed by atoms with Gasteiger partial charge in [0.05, 0.1) is 17.4 Å². The zero-order valence-corrected chi connectivity index (χ0v) is 22.1. The number of amides is 1. The van der Waals surface area contributed by atoms with E-state index in [4.69, 9.17) is 14.2 Å². The van der Waals surface area contributed by atoms with Crippen molar-refractivity contribution < 1.29 is 32.2 Å². The fourth-order valence-corrected chi connectivity index (χ4v) is 5.39. The smallest absolute Gasteiger partial charge is 0.410 e. The van der Waals surface area contributed by atoms with E-state index in [1.165, 1.54) is 24.1 Å². The number of nitrogens with zero attached hydrogens (tertiary/aromatic N) is 1. The molecule has 0 bridgehead atoms. The molecule has 0 aromatic heterocycles. The van der Waals surface area contributed by atoms with Gasteiger partial charge in [-0.25, -0.2) is 17.9 Å². The zero-order valence-electron chi connectivity index (χ0n) is 21.3. The second kappa shape index (κ2) is 10.9. The molecule has 0 saturated carbocycles. The number of carbonyl (C=O) groups is 2. The van der Waals surface area contributed by atoms with Gasteiger partial charge < -0.3 is 19.1 Å². The number of sulfonamides is 1. The molecule has 36 heavy (non-hydrogen) atoms. The summed E-state index contributed by atoms with van der Waals surface area (Å²) >= 11 is 0. The number of hydrogen-bond acceptors (Lipinski definition) is 7. The van der Waals surface area contributed by atoms with Crippen molar-refractivity contribution in [3.8, 4) is 5.75 Å². The molecule has 1 N–H and O–H groups in total. The fourth-order valence-electron chi connectivity index (χ4n) is 4.01. The highest BCUT2D eigenvalue weighted by molar-refractivity contribution is 7.89. The molecule has 196 valence electrons. The number of benzene rings is 2. The molecule has 1 heterocycles. The highest BCUT2D eigenvalue weighted by Gasteiger charge is 2.49. The summed E-state index contributed by atoms with van der Waals surface area (Å²) in [5, 5.41) is 0. The number of methoxy groups -OCH3 is 1. The predicted octanol–water partition coefficient (Wildman–Crippen LogP) is 3.73. The van der Waals surface area contributed by atoms with Gasteiger partial charge in [0, 0.05) is 19.1 Å². The highest BCUT2D eigenvalue weighted by Crippen LogP contribution is 2.33. The van der Waals surface area contributed by atoms with Crippen LogP contribution in [0.4, 0.5) is 4.79 Å². The molecule has 0 aliphatic carbocycles. The number of ether oxygens (including phenoxy) is 3. The van der Waals surface area contributed by atoms with E-state index in [2.05, 4.69) is 4.72 Å². The number of hydrogen-bond donors (Lipinski definition) is 1. The molecule has 0 unspecified atom stereocenters. The van der Waals surface area contributed by atoms with E-state index in [1.807, 2.05) is 30.3 Å². The van der Waals surface area contributed by atoms with Gasteiger partial charge >= 0.3 is 12.1 Å². The van der Waals surface area contributed by atoms with Crippen LogP contribution in [0.2, 0.25) is 0 Å². The summed E-state index contributed by atoms with van der Waals surface area (Å²) in [6, 6.07) is 14.9. The van der Waals surface area contributed by atoms with Crippen molar-refractivity contribution in [2.75, 3.05) is 20.2 Å². The van der Waals surface area contributed by atoms with E-state index in [0.29, 0.717) is 12.4 Å². The lowest BCUT2D eigenvalue weighted by Gasteiger charge is -2.44. The quantitative estimate of drug-likeness (QED) is 0.556. The molecular formula is C26H34N2O7S. The second-order valence-corrected chi connectivity index (χ2v) is 11.7. The lowest BCUT2D eigenvalue weighted by molar-refractivity contribution is -0.156. The molecule has 2 aromatic carbocycles. The van der Waals surface area contributed by atoms with E-state index >= 15 is 0 Å². The van der Waals surface area contributed by atoms with Gasteiger partial charge in [-0.15, -0.1) is 0 Å². The van der Waals surface area contributed by atoms with Gasteiger partial charge in [0.2, 0.25) is 10.0 Å². The van der Waals surface area contributed by atoms with Crippen molar-refractivity contribution in [3.63, 3.8) is 0 Å². The maximum absolute atomic E-state index is 13.2. The molecule has 1 fully saturated rings. The lowest BCUT2D eigenvalue weighted by Crippen LogP contribution is -2.61. The van der Waals surface area contributed by atoms with Crippen LogP contribution in [-0.4, -0.2) is 57.2 Å². The van der Waals surface area contributed by atoms with Crippen LogP contribution in [0.5, 0.6) is 5.75 Å². The van der Waals surface area contributed by atoms with Gasteiger partial charge in [-0.2, -0.15) is 0 Å². The van der Waals surface area contributed by atoms with Crippen LogP contribution in [-0.2, 0) is 30.9 Å². The summed E-state index contributed by atoms with van der Waals surface area (Å²) in [4.78, 5) is 26.8. The number of piperidine rings is 1. The van der Waals surface area contributed by atoms with Gasteiger partial charge in [0.25, 0.3) is 0 Å². The van der Waals surface area contributed by atoms with Crippen LogP contribution < -0.4 is 9.46 Å². The Balaban J connectivity index is 1.72. The first kappa shape index (κ1) is 27.5. The summed E-state index contributed by atoms with van der Waals surface area (Å²) in [5.74, 6) is -0.0870. The molecular weight excluding hydrogens is 484 g/mol.